The average molecular weight is 559 g/mol. The molecule has 0 aliphatic carbocycles. The van der Waals surface area contributed by atoms with Crippen LogP contribution in [0.1, 0.15) is 39.9 Å². The Bertz CT molecular complexity index is 1570. The van der Waals surface area contributed by atoms with E-state index in [9.17, 15) is 22.4 Å². The summed E-state index contributed by atoms with van der Waals surface area (Å²) >= 11 is 7.58. The van der Waals surface area contributed by atoms with E-state index in [4.69, 9.17) is 17.3 Å². The molecule has 38 heavy (non-hydrogen) atoms. The van der Waals surface area contributed by atoms with Crippen LogP contribution in [-0.2, 0) is 12.6 Å². The molecule has 0 saturated carbocycles. The first-order valence-electron chi connectivity index (χ1n) is 11.9. The molecule has 3 aromatic carbocycles. The normalized spacial score (nSPS) is 15.9. The summed E-state index contributed by atoms with van der Waals surface area (Å²) in [5, 5.41) is 0.916. The summed E-state index contributed by atoms with van der Waals surface area (Å²) in [6.45, 7) is 1.69. The van der Waals surface area contributed by atoms with Gasteiger partial charge in [-0.2, -0.15) is 13.2 Å². The molecule has 0 bridgehead atoms. The Labute approximate surface area is 226 Å². The predicted molar refractivity (Wildman–Crippen MR) is 143 cm³/mol. The van der Waals surface area contributed by atoms with E-state index in [1.807, 2.05) is 30.3 Å². The minimum absolute atomic E-state index is 0.309. The molecule has 2 unspecified atom stereocenters. The number of halogens is 5. The van der Waals surface area contributed by atoms with Gasteiger partial charge in [0.2, 0.25) is 0 Å². The number of alkyl halides is 3. The molecular weight excluding hydrogens is 536 g/mol. The third-order valence-corrected chi connectivity index (χ3v) is 8.41. The van der Waals surface area contributed by atoms with Gasteiger partial charge in [-0.25, -0.2) is 4.39 Å². The molecule has 9 heteroatoms. The Kier molecular flexibility index (Phi) is 7.15. The number of fused-ring (bicyclic) bond motifs is 1. The van der Waals surface area contributed by atoms with Gasteiger partial charge in [0.15, 0.2) is 0 Å². The molecule has 0 saturated heterocycles. The topological polar surface area (TPSA) is 48.0 Å². The SMILES string of the molecule is Cc1c(Cc2c(F)cccc2C(F)(F)F)c2n(c(=O)c1-c1cccc(Cl)c1)C(C(N)c1ccccc1)CS2. The summed E-state index contributed by atoms with van der Waals surface area (Å²) in [7, 11) is 0. The summed E-state index contributed by atoms with van der Waals surface area (Å²) in [6, 6.07) is 18.0. The summed E-state index contributed by atoms with van der Waals surface area (Å²) < 4.78 is 58.1. The van der Waals surface area contributed by atoms with Crippen LogP contribution in [0.5, 0.6) is 0 Å². The molecule has 5 rings (SSSR count). The minimum Gasteiger partial charge on any atom is -0.322 e. The fourth-order valence-corrected chi connectivity index (χ4v) is 6.69. The van der Waals surface area contributed by atoms with Crippen molar-refractivity contribution >= 4 is 23.4 Å². The summed E-state index contributed by atoms with van der Waals surface area (Å²) in [4.78, 5) is 14.0. The molecule has 0 fully saturated rings. The van der Waals surface area contributed by atoms with Crippen molar-refractivity contribution in [1.82, 2.24) is 4.57 Å². The second-order valence-electron chi connectivity index (χ2n) is 9.22. The van der Waals surface area contributed by atoms with Crippen LogP contribution in [-0.4, -0.2) is 10.3 Å². The first-order valence-corrected chi connectivity index (χ1v) is 13.3. The number of pyridine rings is 1. The Balaban J connectivity index is 1.76. The number of hydrogen-bond acceptors (Lipinski definition) is 3. The van der Waals surface area contributed by atoms with Crippen molar-refractivity contribution < 1.29 is 17.6 Å². The average Bonchev–Trinajstić information content (AvgIpc) is 3.32. The molecular formula is C29H23ClF4N2OS. The Morgan fingerprint density at radius 1 is 1.05 bits per heavy atom. The van der Waals surface area contributed by atoms with E-state index in [2.05, 4.69) is 0 Å². The third kappa shape index (κ3) is 4.77. The highest BCUT2D eigenvalue weighted by molar-refractivity contribution is 7.99. The van der Waals surface area contributed by atoms with Crippen LogP contribution in [0.3, 0.4) is 0 Å². The maximum absolute atomic E-state index is 14.9. The highest BCUT2D eigenvalue weighted by Gasteiger charge is 2.37. The van der Waals surface area contributed by atoms with Gasteiger partial charge in [0.1, 0.15) is 5.82 Å². The van der Waals surface area contributed by atoms with Crippen molar-refractivity contribution in [3.05, 3.63) is 122 Å². The van der Waals surface area contributed by atoms with Crippen molar-refractivity contribution in [1.29, 1.82) is 0 Å². The van der Waals surface area contributed by atoms with E-state index in [1.54, 1.807) is 35.8 Å². The van der Waals surface area contributed by atoms with Crippen molar-refractivity contribution in [3.63, 3.8) is 0 Å². The number of rotatable bonds is 5. The van der Waals surface area contributed by atoms with Crippen LogP contribution in [0.4, 0.5) is 17.6 Å². The Hall–Kier alpha value is -3.07. The number of nitrogens with two attached hydrogens (primary N) is 1. The first kappa shape index (κ1) is 26.5. The number of benzene rings is 3. The van der Waals surface area contributed by atoms with E-state index in [0.29, 0.717) is 38.1 Å². The van der Waals surface area contributed by atoms with Gasteiger partial charge in [-0.15, -0.1) is 11.8 Å². The molecule has 2 N–H and O–H groups in total. The number of nitrogens with zero attached hydrogens (tertiary/aromatic N) is 1. The molecule has 1 aromatic heterocycles. The lowest BCUT2D eigenvalue weighted by Gasteiger charge is -2.25. The van der Waals surface area contributed by atoms with Crippen molar-refractivity contribution in [2.45, 2.75) is 36.6 Å². The van der Waals surface area contributed by atoms with Gasteiger partial charge in [-0.05, 0) is 53.4 Å². The van der Waals surface area contributed by atoms with E-state index >= 15 is 0 Å². The van der Waals surface area contributed by atoms with Gasteiger partial charge in [-0.1, -0.05) is 60.1 Å². The lowest BCUT2D eigenvalue weighted by molar-refractivity contribution is -0.138. The fraction of sp³-hybridized carbons (Fsp3) is 0.207. The molecule has 3 nitrogen and oxygen atoms in total. The molecule has 196 valence electrons. The van der Waals surface area contributed by atoms with Crippen molar-refractivity contribution in [2.24, 2.45) is 5.73 Å². The fourth-order valence-electron chi connectivity index (χ4n) is 5.06. The number of aromatic nitrogens is 1. The molecule has 0 spiro atoms. The van der Waals surface area contributed by atoms with Crippen LogP contribution in [0.25, 0.3) is 11.1 Å². The molecule has 1 aliphatic rings. The van der Waals surface area contributed by atoms with Crippen LogP contribution >= 0.6 is 23.4 Å². The standard InChI is InChI=1S/C29H23ClF4N2OS/c1-16-20(14-21-22(29(32,33)34)11-6-12-23(21)31)28-36(27(37)25(16)18-9-5-10-19(30)13-18)24(15-38-28)26(35)17-7-3-2-4-8-17/h2-13,24,26H,14-15,35H2,1H3. The zero-order chi connectivity index (χ0) is 27.2. The second kappa shape index (κ2) is 10.2. The van der Waals surface area contributed by atoms with Gasteiger partial charge < -0.3 is 5.73 Å². The summed E-state index contributed by atoms with van der Waals surface area (Å²) in [5.41, 5.74) is 7.45. The predicted octanol–water partition coefficient (Wildman–Crippen LogP) is 7.57. The second-order valence-corrected chi connectivity index (χ2v) is 10.7. The lowest BCUT2D eigenvalue weighted by atomic mass is 9.92. The van der Waals surface area contributed by atoms with E-state index in [1.165, 1.54) is 11.8 Å². The third-order valence-electron chi connectivity index (χ3n) is 6.95. The van der Waals surface area contributed by atoms with Crippen LogP contribution in [0, 0.1) is 12.7 Å². The first-order chi connectivity index (χ1) is 18.1. The van der Waals surface area contributed by atoms with E-state index < -0.39 is 35.2 Å². The van der Waals surface area contributed by atoms with Crippen LogP contribution < -0.4 is 11.3 Å². The van der Waals surface area contributed by atoms with E-state index in [0.717, 1.165) is 23.8 Å². The zero-order valence-corrected chi connectivity index (χ0v) is 21.8. The summed E-state index contributed by atoms with van der Waals surface area (Å²) in [5.74, 6) is -0.505. The number of hydrogen-bond donors (Lipinski definition) is 1. The quantitative estimate of drug-likeness (QED) is 0.257. The van der Waals surface area contributed by atoms with Gasteiger partial charge in [0.25, 0.3) is 5.56 Å². The van der Waals surface area contributed by atoms with E-state index in [-0.39, 0.29) is 12.0 Å². The molecule has 0 radical (unpaired) electrons. The maximum atomic E-state index is 14.9. The van der Waals surface area contributed by atoms with Gasteiger partial charge in [0.05, 0.1) is 28.2 Å². The largest absolute Gasteiger partial charge is 0.416 e. The molecule has 1 aliphatic heterocycles. The molecule has 2 heterocycles. The molecule has 0 amide bonds. The highest BCUT2D eigenvalue weighted by atomic mass is 35.5. The van der Waals surface area contributed by atoms with Gasteiger partial charge >= 0.3 is 6.18 Å². The maximum Gasteiger partial charge on any atom is 0.416 e. The van der Waals surface area contributed by atoms with Crippen molar-refractivity contribution in [2.75, 3.05) is 5.75 Å². The molecule has 2 atom stereocenters. The van der Waals surface area contributed by atoms with Crippen molar-refractivity contribution in [3.8, 4) is 11.1 Å². The smallest absolute Gasteiger partial charge is 0.322 e. The number of thioether (sulfide) groups is 1. The molecule has 4 aromatic rings. The Morgan fingerprint density at radius 2 is 1.76 bits per heavy atom. The minimum atomic E-state index is -4.73. The van der Waals surface area contributed by atoms with Crippen LogP contribution in [0.2, 0.25) is 5.02 Å². The van der Waals surface area contributed by atoms with Crippen LogP contribution in [0.15, 0.2) is 82.6 Å². The highest BCUT2D eigenvalue weighted by Crippen LogP contribution is 2.44. The zero-order valence-electron chi connectivity index (χ0n) is 20.2. The van der Waals surface area contributed by atoms with Gasteiger partial charge in [-0.3, -0.25) is 9.36 Å². The monoisotopic (exact) mass is 558 g/mol. The van der Waals surface area contributed by atoms with Gasteiger partial charge in [0, 0.05) is 22.8 Å². The summed E-state index contributed by atoms with van der Waals surface area (Å²) in [6.07, 6.45) is -5.07. The Morgan fingerprint density at radius 3 is 2.45 bits per heavy atom. The lowest BCUT2D eigenvalue weighted by Crippen LogP contribution is -2.33.